The highest BCUT2D eigenvalue weighted by atomic mass is 35.5. The lowest BCUT2D eigenvalue weighted by Gasteiger charge is -2.22. The molecule has 2 nitrogen and oxygen atoms in total. The molecule has 3 rings (SSSR count). The average molecular weight is 447 g/mol. The first-order chi connectivity index (χ1) is 14.8. The van der Waals surface area contributed by atoms with Gasteiger partial charge in [-0.25, -0.2) is 0 Å². The number of benzene rings is 3. The van der Waals surface area contributed by atoms with Gasteiger partial charge in [0.15, 0.2) is 0 Å². The summed E-state index contributed by atoms with van der Waals surface area (Å²) in [4.78, 5) is 0. The lowest BCUT2D eigenvalue weighted by atomic mass is 10.0. The number of allylic oxidation sites excluding steroid dienone is 3. The molecule has 0 fully saturated rings. The molecule has 3 aromatic rings. The van der Waals surface area contributed by atoms with Gasteiger partial charge in [-0.3, -0.25) is 0 Å². The summed E-state index contributed by atoms with van der Waals surface area (Å²) in [5.41, 5.74) is 4.14. The molecule has 0 heterocycles. The Morgan fingerprint density at radius 3 is 1.90 bits per heavy atom. The van der Waals surface area contributed by atoms with Gasteiger partial charge in [0.1, 0.15) is 11.5 Å². The van der Waals surface area contributed by atoms with E-state index in [0.717, 1.165) is 33.0 Å². The summed E-state index contributed by atoms with van der Waals surface area (Å²) in [7, 11) is -1.88. The number of phenolic OH excluding ortho intramolecular Hbond substituents is 1. The zero-order chi connectivity index (χ0) is 22.3. The Kier molecular flexibility index (Phi) is 7.56. The molecule has 0 amide bonds. The van der Waals surface area contributed by atoms with E-state index < -0.39 is 8.32 Å². The predicted molar refractivity (Wildman–Crippen MR) is 135 cm³/mol. The monoisotopic (exact) mass is 446 g/mol. The smallest absolute Gasteiger partial charge is 0.242 e. The maximum atomic E-state index is 9.55. The molecule has 0 spiro atoms. The Balaban J connectivity index is 2.09. The van der Waals surface area contributed by atoms with Crippen LogP contribution in [0.5, 0.6) is 5.75 Å². The Bertz CT molecular complexity index is 1070. The van der Waals surface area contributed by atoms with Crippen molar-refractivity contribution in [2.75, 3.05) is 0 Å². The summed E-state index contributed by atoms with van der Waals surface area (Å²) in [5, 5.41) is 10.3. The number of rotatable bonds is 7. The third kappa shape index (κ3) is 7.32. The number of hydrogen-bond acceptors (Lipinski definition) is 2. The fourth-order valence-corrected chi connectivity index (χ4v) is 3.92. The Morgan fingerprint density at radius 1 is 0.774 bits per heavy atom. The van der Waals surface area contributed by atoms with E-state index in [-0.39, 0.29) is 5.75 Å². The van der Waals surface area contributed by atoms with Crippen LogP contribution in [-0.4, -0.2) is 13.4 Å². The molecule has 1 N–H and O–H groups in total. The number of halogens is 1. The van der Waals surface area contributed by atoms with Crippen molar-refractivity contribution >= 4 is 37.6 Å². The van der Waals surface area contributed by atoms with Crippen LogP contribution in [0.3, 0.4) is 0 Å². The van der Waals surface area contributed by atoms with Gasteiger partial charge >= 0.3 is 0 Å². The van der Waals surface area contributed by atoms with Crippen LogP contribution in [0, 0.1) is 0 Å². The van der Waals surface area contributed by atoms with Crippen molar-refractivity contribution in [2.24, 2.45) is 0 Å². The minimum Gasteiger partial charge on any atom is -0.544 e. The first kappa shape index (κ1) is 22.7. The minimum atomic E-state index is -1.88. The molecule has 3 aromatic carbocycles. The van der Waals surface area contributed by atoms with Gasteiger partial charge in [0.25, 0.3) is 0 Å². The van der Waals surface area contributed by atoms with Gasteiger partial charge < -0.3 is 9.53 Å². The second kappa shape index (κ2) is 10.3. The van der Waals surface area contributed by atoms with Gasteiger partial charge in [-0.1, -0.05) is 84.4 Å². The molecule has 0 radical (unpaired) electrons. The van der Waals surface area contributed by atoms with Crippen LogP contribution in [0.4, 0.5) is 0 Å². The number of phenols is 1. The van der Waals surface area contributed by atoms with Gasteiger partial charge in [0, 0.05) is 10.6 Å². The average Bonchev–Trinajstić information content (AvgIpc) is 2.74. The van der Waals surface area contributed by atoms with E-state index in [1.54, 1.807) is 12.1 Å². The quantitative estimate of drug-likeness (QED) is 0.226. The predicted octanol–water partition coefficient (Wildman–Crippen LogP) is 8.04. The van der Waals surface area contributed by atoms with Crippen molar-refractivity contribution in [3.05, 3.63) is 118 Å². The van der Waals surface area contributed by atoms with E-state index in [4.69, 9.17) is 16.0 Å². The largest absolute Gasteiger partial charge is 0.544 e. The standard InChI is InChI=1S/C27H27ClO2Si/c1-31(2,3)30-27(20-14-22-11-17-25(29)18-12-22)26(23-7-5-4-6-8-23)19-13-21-9-15-24(28)16-10-21/h4-20,29H,1-3H3. The van der Waals surface area contributed by atoms with E-state index in [9.17, 15) is 5.11 Å². The highest BCUT2D eigenvalue weighted by Crippen LogP contribution is 2.27. The summed E-state index contributed by atoms with van der Waals surface area (Å²) in [6.45, 7) is 6.52. The fourth-order valence-electron chi connectivity index (χ4n) is 2.96. The highest BCUT2D eigenvalue weighted by Gasteiger charge is 2.19. The van der Waals surface area contributed by atoms with E-state index in [2.05, 4.69) is 43.9 Å². The van der Waals surface area contributed by atoms with Crippen LogP contribution in [0.1, 0.15) is 16.7 Å². The molecule has 0 aliphatic rings. The van der Waals surface area contributed by atoms with Crippen molar-refractivity contribution in [2.45, 2.75) is 19.6 Å². The molecule has 31 heavy (non-hydrogen) atoms. The lowest BCUT2D eigenvalue weighted by molar-refractivity contribution is 0.445. The summed E-state index contributed by atoms with van der Waals surface area (Å²) in [6.07, 6.45) is 8.18. The van der Waals surface area contributed by atoms with Gasteiger partial charge in [-0.15, -0.1) is 0 Å². The first-order valence-corrected chi connectivity index (χ1v) is 14.0. The van der Waals surface area contributed by atoms with Crippen molar-refractivity contribution in [1.29, 1.82) is 0 Å². The molecule has 0 saturated carbocycles. The zero-order valence-electron chi connectivity index (χ0n) is 18.0. The van der Waals surface area contributed by atoms with Crippen LogP contribution >= 0.6 is 11.6 Å². The molecule has 158 valence electrons. The highest BCUT2D eigenvalue weighted by molar-refractivity contribution is 6.70. The van der Waals surface area contributed by atoms with Gasteiger partial charge in [-0.2, -0.15) is 0 Å². The second-order valence-corrected chi connectivity index (χ2v) is 13.0. The van der Waals surface area contributed by atoms with E-state index >= 15 is 0 Å². The Morgan fingerprint density at radius 2 is 1.32 bits per heavy atom. The third-order valence-electron chi connectivity index (χ3n) is 4.40. The van der Waals surface area contributed by atoms with Gasteiger partial charge in [0.2, 0.25) is 8.32 Å². The molecule has 0 aliphatic carbocycles. The lowest BCUT2D eigenvalue weighted by Crippen LogP contribution is -2.24. The zero-order valence-corrected chi connectivity index (χ0v) is 19.8. The van der Waals surface area contributed by atoms with Crippen molar-refractivity contribution in [1.82, 2.24) is 0 Å². The van der Waals surface area contributed by atoms with E-state index in [1.165, 1.54) is 0 Å². The topological polar surface area (TPSA) is 29.5 Å². The molecule has 4 heteroatoms. The number of hydrogen-bond donors (Lipinski definition) is 1. The summed E-state index contributed by atoms with van der Waals surface area (Å²) in [5.74, 6) is 1.07. The number of aromatic hydroxyl groups is 1. The molecule has 0 saturated heterocycles. The summed E-state index contributed by atoms with van der Waals surface area (Å²) >= 11 is 6.03. The first-order valence-electron chi connectivity index (χ1n) is 10.2. The van der Waals surface area contributed by atoms with Gasteiger partial charge in [0.05, 0.1) is 0 Å². The minimum absolute atomic E-state index is 0.252. The molecule has 0 unspecified atom stereocenters. The van der Waals surface area contributed by atoms with E-state index in [1.807, 2.05) is 66.7 Å². The maximum absolute atomic E-state index is 9.55. The van der Waals surface area contributed by atoms with Crippen LogP contribution in [0.15, 0.2) is 96.8 Å². The normalized spacial score (nSPS) is 12.9. The third-order valence-corrected chi connectivity index (χ3v) is 5.48. The van der Waals surface area contributed by atoms with Crippen molar-refractivity contribution < 1.29 is 9.53 Å². The summed E-state index contributed by atoms with van der Waals surface area (Å²) < 4.78 is 6.52. The SMILES string of the molecule is C[Si](C)(C)OC(C=Cc1ccc(O)cc1)=C(C=Cc1ccc(Cl)cc1)c1ccccc1. The van der Waals surface area contributed by atoms with Crippen molar-refractivity contribution in [3.63, 3.8) is 0 Å². The fraction of sp³-hybridized carbons (Fsp3) is 0.111. The van der Waals surface area contributed by atoms with Crippen LogP contribution in [0.25, 0.3) is 17.7 Å². The Labute approximate surface area is 190 Å². The van der Waals surface area contributed by atoms with Crippen LogP contribution in [-0.2, 0) is 4.43 Å². The Hall–Kier alpha value is -3.01. The maximum Gasteiger partial charge on any atom is 0.242 e. The van der Waals surface area contributed by atoms with E-state index in [0.29, 0.717) is 0 Å². The van der Waals surface area contributed by atoms with Crippen molar-refractivity contribution in [3.8, 4) is 5.75 Å². The molecular weight excluding hydrogens is 420 g/mol. The second-order valence-electron chi connectivity index (χ2n) is 8.17. The van der Waals surface area contributed by atoms with Gasteiger partial charge in [-0.05, 0) is 66.7 Å². The molecule has 0 atom stereocenters. The molecule has 0 bridgehead atoms. The van der Waals surface area contributed by atoms with Crippen LogP contribution < -0.4 is 0 Å². The summed E-state index contributed by atoms with van der Waals surface area (Å²) in [6, 6.07) is 25.1. The molecular formula is C27H27ClO2Si. The molecule has 0 aliphatic heterocycles. The molecule has 0 aromatic heterocycles. The van der Waals surface area contributed by atoms with Crippen LogP contribution in [0.2, 0.25) is 24.7 Å².